The molecule has 154 valence electrons. The number of likely N-dealkylation sites (tertiary alicyclic amines) is 1. The maximum Gasteiger partial charge on any atom is 0.255 e. The minimum Gasteiger partial charge on any atom is -0.336 e. The molecule has 0 spiro atoms. The summed E-state index contributed by atoms with van der Waals surface area (Å²) in [4.78, 5) is 31.4. The van der Waals surface area contributed by atoms with Crippen molar-refractivity contribution in [2.45, 2.75) is 39.2 Å². The van der Waals surface area contributed by atoms with Crippen LogP contribution in [-0.4, -0.2) is 44.1 Å². The number of aromatic nitrogens is 3. The van der Waals surface area contributed by atoms with Crippen LogP contribution in [0.5, 0.6) is 0 Å². The number of anilines is 1. The van der Waals surface area contributed by atoms with Crippen molar-refractivity contribution < 1.29 is 9.59 Å². The summed E-state index contributed by atoms with van der Waals surface area (Å²) < 4.78 is 1.63. The van der Waals surface area contributed by atoms with E-state index in [1.54, 1.807) is 35.3 Å². The quantitative estimate of drug-likeness (QED) is 0.718. The zero-order valence-corrected chi connectivity index (χ0v) is 17.2. The number of hydrogen-bond acceptors (Lipinski definition) is 4. The highest BCUT2D eigenvalue weighted by molar-refractivity contribution is 6.05. The third-order valence-corrected chi connectivity index (χ3v) is 5.60. The number of nitrogens with zero attached hydrogens (tertiary/aromatic N) is 4. The van der Waals surface area contributed by atoms with Crippen LogP contribution in [0.15, 0.2) is 55.1 Å². The average Bonchev–Trinajstić information content (AvgIpc) is 3.30. The maximum absolute atomic E-state index is 12.9. The molecule has 2 amide bonds. The standard InChI is InChI=1S/C23H25N5O2/c1-16-13-19(23(30)27-12-4-3-5-17(27)2)8-11-21(16)26-22(29)18-6-9-20(10-7-18)28-15-24-14-25-28/h6-11,13-15,17H,3-5,12H2,1-2H3,(H,26,29). The third kappa shape index (κ3) is 4.10. The molecule has 2 heterocycles. The van der Waals surface area contributed by atoms with Crippen molar-refractivity contribution in [1.29, 1.82) is 0 Å². The summed E-state index contributed by atoms with van der Waals surface area (Å²) in [5.74, 6) is -0.140. The molecule has 1 saturated heterocycles. The van der Waals surface area contributed by atoms with Crippen LogP contribution in [0.2, 0.25) is 0 Å². The highest BCUT2D eigenvalue weighted by Gasteiger charge is 2.24. The number of amides is 2. The third-order valence-electron chi connectivity index (χ3n) is 5.60. The first-order valence-electron chi connectivity index (χ1n) is 10.2. The first-order valence-corrected chi connectivity index (χ1v) is 10.2. The van der Waals surface area contributed by atoms with Gasteiger partial charge in [0.25, 0.3) is 11.8 Å². The van der Waals surface area contributed by atoms with Crippen molar-refractivity contribution in [3.05, 3.63) is 71.8 Å². The lowest BCUT2D eigenvalue weighted by molar-refractivity contribution is 0.0635. The summed E-state index contributed by atoms with van der Waals surface area (Å²) in [6.45, 7) is 4.81. The number of benzene rings is 2. The zero-order valence-electron chi connectivity index (χ0n) is 17.2. The lowest BCUT2D eigenvalue weighted by Gasteiger charge is -2.33. The molecule has 0 bridgehead atoms. The molecule has 7 heteroatoms. The van der Waals surface area contributed by atoms with E-state index in [1.165, 1.54) is 12.7 Å². The largest absolute Gasteiger partial charge is 0.336 e. The molecular formula is C23H25N5O2. The van der Waals surface area contributed by atoms with Crippen LogP contribution in [0.1, 0.15) is 52.5 Å². The molecule has 1 aliphatic rings. The van der Waals surface area contributed by atoms with Gasteiger partial charge >= 0.3 is 0 Å². The Kier molecular flexibility index (Phi) is 5.61. The van der Waals surface area contributed by atoms with Crippen molar-refractivity contribution in [3.63, 3.8) is 0 Å². The van der Waals surface area contributed by atoms with E-state index in [9.17, 15) is 9.59 Å². The minimum atomic E-state index is -0.202. The number of carbonyl (C=O) groups is 2. The second-order valence-corrected chi connectivity index (χ2v) is 7.71. The molecule has 1 fully saturated rings. The van der Waals surface area contributed by atoms with Crippen molar-refractivity contribution in [2.24, 2.45) is 0 Å². The lowest BCUT2D eigenvalue weighted by Crippen LogP contribution is -2.42. The average molecular weight is 403 g/mol. The van der Waals surface area contributed by atoms with Gasteiger partial charge in [-0.2, -0.15) is 5.10 Å². The van der Waals surface area contributed by atoms with E-state index in [2.05, 4.69) is 22.3 Å². The molecule has 0 radical (unpaired) electrons. The van der Waals surface area contributed by atoms with Gasteiger partial charge in [0.05, 0.1) is 5.69 Å². The Morgan fingerprint density at radius 3 is 2.50 bits per heavy atom. The van der Waals surface area contributed by atoms with Crippen molar-refractivity contribution in [3.8, 4) is 5.69 Å². The Balaban J connectivity index is 1.45. The van der Waals surface area contributed by atoms with Crippen LogP contribution in [0.3, 0.4) is 0 Å². The molecule has 0 saturated carbocycles. The van der Waals surface area contributed by atoms with Gasteiger partial charge in [-0.15, -0.1) is 0 Å². The predicted octanol–water partition coefficient (Wildman–Crippen LogP) is 3.84. The summed E-state index contributed by atoms with van der Waals surface area (Å²) in [5, 5.41) is 7.01. The molecule has 1 aromatic heterocycles. The van der Waals surface area contributed by atoms with Crippen LogP contribution < -0.4 is 5.32 Å². The first-order chi connectivity index (χ1) is 14.5. The van der Waals surface area contributed by atoms with Crippen LogP contribution >= 0.6 is 0 Å². The van der Waals surface area contributed by atoms with Gasteiger partial charge in [0.1, 0.15) is 12.7 Å². The number of aryl methyl sites for hydroxylation is 1. The lowest BCUT2D eigenvalue weighted by atomic mass is 10.0. The van der Waals surface area contributed by atoms with Crippen molar-refractivity contribution >= 4 is 17.5 Å². The number of rotatable bonds is 4. The molecule has 30 heavy (non-hydrogen) atoms. The number of nitrogens with one attached hydrogen (secondary N) is 1. The van der Waals surface area contributed by atoms with E-state index in [-0.39, 0.29) is 17.9 Å². The van der Waals surface area contributed by atoms with Gasteiger partial charge in [0.2, 0.25) is 0 Å². The summed E-state index contributed by atoms with van der Waals surface area (Å²) >= 11 is 0. The first kappa shape index (κ1) is 19.8. The zero-order chi connectivity index (χ0) is 21.1. The van der Waals surface area contributed by atoms with E-state index in [0.717, 1.165) is 30.6 Å². The summed E-state index contributed by atoms with van der Waals surface area (Å²) in [5.41, 5.74) is 3.59. The molecule has 1 aliphatic heterocycles. The number of hydrogen-bond donors (Lipinski definition) is 1. The Bertz CT molecular complexity index is 1040. The summed E-state index contributed by atoms with van der Waals surface area (Å²) in [6, 6.07) is 12.8. The maximum atomic E-state index is 12.9. The topological polar surface area (TPSA) is 80.1 Å². The molecule has 1 N–H and O–H groups in total. The Morgan fingerprint density at radius 1 is 1.07 bits per heavy atom. The fraction of sp³-hybridized carbons (Fsp3) is 0.304. The van der Waals surface area contributed by atoms with Gasteiger partial charge in [-0.3, -0.25) is 9.59 Å². The van der Waals surface area contributed by atoms with E-state index < -0.39 is 0 Å². The Morgan fingerprint density at radius 2 is 1.83 bits per heavy atom. The summed E-state index contributed by atoms with van der Waals surface area (Å²) in [6.07, 6.45) is 6.35. The van der Waals surface area contributed by atoms with E-state index in [4.69, 9.17) is 0 Å². The predicted molar refractivity (Wildman–Crippen MR) is 115 cm³/mol. The van der Waals surface area contributed by atoms with Gasteiger partial charge in [-0.1, -0.05) is 0 Å². The number of carbonyl (C=O) groups excluding carboxylic acids is 2. The van der Waals surface area contributed by atoms with E-state index >= 15 is 0 Å². The smallest absolute Gasteiger partial charge is 0.255 e. The highest BCUT2D eigenvalue weighted by atomic mass is 16.2. The monoisotopic (exact) mass is 403 g/mol. The SMILES string of the molecule is Cc1cc(C(=O)N2CCCCC2C)ccc1NC(=O)c1ccc(-n2cncn2)cc1. The molecule has 4 rings (SSSR count). The van der Waals surface area contributed by atoms with Crippen LogP contribution in [0.25, 0.3) is 5.69 Å². The molecule has 0 aliphatic carbocycles. The Labute approximate surface area is 175 Å². The van der Waals surface area contributed by atoms with Crippen LogP contribution in [-0.2, 0) is 0 Å². The molecule has 1 unspecified atom stereocenters. The van der Waals surface area contributed by atoms with Crippen LogP contribution in [0.4, 0.5) is 5.69 Å². The molecule has 3 aromatic rings. The van der Waals surface area contributed by atoms with E-state index in [0.29, 0.717) is 16.8 Å². The molecule has 1 atom stereocenters. The highest BCUT2D eigenvalue weighted by Crippen LogP contribution is 2.23. The van der Waals surface area contributed by atoms with Gasteiger partial charge in [0, 0.05) is 29.4 Å². The van der Waals surface area contributed by atoms with Crippen molar-refractivity contribution in [2.75, 3.05) is 11.9 Å². The second-order valence-electron chi connectivity index (χ2n) is 7.71. The van der Waals surface area contributed by atoms with Gasteiger partial charge in [-0.05, 0) is 81.1 Å². The molecule has 7 nitrogen and oxygen atoms in total. The van der Waals surface area contributed by atoms with Gasteiger partial charge in [0.15, 0.2) is 0 Å². The minimum absolute atomic E-state index is 0.0619. The van der Waals surface area contributed by atoms with Crippen LogP contribution in [0, 0.1) is 6.92 Å². The fourth-order valence-corrected chi connectivity index (χ4v) is 3.80. The second kappa shape index (κ2) is 8.49. The number of piperidine rings is 1. The van der Waals surface area contributed by atoms with Gasteiger partial charge < -0.3 is 10.2 Å². The summed E-state index contributed by atoms with van der Waals surface area (Å²) in [7, 11) is 0. The van der Waals surface area contributed by atoms with E-state index in [1.807, 2.05) is 30.0 Å². The molecular weight excluding hydrogens is 378 g/mol. The molecule has 2 aromatic carbocycles. The van der Waals surface area contributed by atoms with Crippen molar-refractivity contribution in [1.82, 2.24) is 19.7 Å². The fourth-order valence-electron chi connectivity index (χ4n) is 3.80. The normalized spacial score (nSPS) is 16.3. The Hall–Kier alpha value is -3.48. The van der Waals surface area contributed by atoms with Gasteiger partial charge in [-0.25, -0.2) is 9.67 Å².